The van der Waals surface area contributed by atoms with E-state index in [2.05, 4.69) is 21.3 Å². The molecule has 8 heterocycles. The van der Waals surface area contributed by atoms with E-state index in [1.807, 2.05) is 56.5 Å². The minimum absolute atomic E-state index is 0.0155. The summed E-state index contributed by atoms with van der Waals surface area (Å²) in [6.45, 7) is 7.07. The van der Waals surface area contributed by atoms with Crippen molar-refractivity contribution < 1.29 is 53.3 Å². The molecule has 4 atom stereocenters. The molecule has 6 N–H and O–H groups in total. The Hall–Kier alpha value is -7.93. The number of fused-ring (bicyclic) bond motifs is 14. The number of aliphatic carboxylic acids is 2. The molecular formula is C58H58N12O11S6. The molecule has 1 aliphatic carbocycles. The van der Waals surface area contributed by atoms with Crippen LogP contribution in [0.2, 0.25) is 0 Å². The van der Waals surface area contributed by atoms with Crippen molar-refractivity contribution in [3.63, 3.8) is 0 Å². The maximum Gasteiger partial charge on any atom is 0.306 e. The number of carbonyl (C=O) groups is 8. The number of aromatic nitrogens is 7. The summed E-state index contributed by atoms with van der Waals surface area (Å²) in [7, 11) is 2.97. The van der Waals surface area contributed by atoms with Gasteiger partial charge in [-0.15, -0.1) is 68.0 Å². The number of Topliss-reactive ketones (excluding diaryl/α,β-unsaturated/α-hetero) is 1. The number of carboxylic acids is 2. The molecule has 29 heteroatoms. The fourth-order valence-electron chi connectivity index (χ4n) is 9.97. The van der Waals surface area contributed by atoms with E-state index in [-0.39, 0.29) is 85.8 Å². The second-order valence-corrected chi connectivity index (χ2v) is 26.9. The van der Waals surface area contributed by atoms with Crippen LogP contribution in [0.4, 0.5) is 5.82 Å². The van der Waals surface area contributed by atoms with Gasteiger partial charge in [-0.05, 0) is 43.4 Å². The van der Waals surface area contributed by atoms with Crippen LogP contribution >= 0.6 is 68.0 Å². The number of hydrogen-bond acceptors (Lipinski definition) is 22. The second-order valence-electron chi connectivity index (χ2n) is 21.1. The summed E-state index contributed by atoms with van der Waals surface area (Å²) in [6.07, 6.45) is -0.374. The Kier molecular flexibility index (Phi) is 19.3. The van der Waals surface area contributed by atoms with Gasteiger partial charge in [-0.2, -0.15) is 0 Å². The fraction of sp³-hybridized carbons (Fsp3) is 0.362. The lowest BCUT2D eigenvalue weighted by Gasteiger charge is -2.34. The Balaban J connectivity index is 1.05. The smallest absolute Gasteiger partial charge is 0.306 e. The topological polar surface area (TPSA) is 328 Å². The van der Waals surface area contributed by atoms with E-state index in [4.69, 9.17) is 39.6 Å². The molecular weight excluding hydrogens is 1230 g/mol. The van der Waals surface area contributed by atoms with Gasteiger partial charge in [0.05, 0.1) is 59.6 Å². The Morgan fingerprint density at radius 3 is 2.15 bits per heavy atom. The predicted molar refractivity (Wildman–Crippen MR) is 330 cm³/mol. The monoisotopic (exact) mass is 1290 g/mol. The number of rotatable bonds is 14. The molecule has 1 fully saturated rings. The molecule has 452 valence electrons. The largest absolute Gasteiger partial charge is 0.481 e. The maximum absolute atomic E-state index is 14.4. The highest BCUT2D eigenvalue weighted by atomic mass is 32.1. The third-order valence-electron chi connectivity index (χ3n) is 14.9. The molecule has 87 heavy (non-hydrogen) atoms. The number of anilines is 1. The van der Waals surface area contributed by atoms with Gasteiger partial charge in [0.2, 0.25) is 17.7 Å². The van der Waals surface area contributed by atoms with Crippen LogP contribution in [0.5, 0.6) is 0 Å². The molecule has 23 nitrogen and oxygen atoms in total. The molecule has 8 aromatic rings. The average molecular weight is 1290 g/mol. The molecule has 10 bridgehead atoms. The number of pyridine rings is 1. The van der Waals surface area contributed by atoms with Crippen LogP contribution in [-0.2, 0) is 35.3 Å². The van der Waals surface area contributed by atoms with Crippen molar-refractivity contribution in [3.05, 3.63) is 111 Å². The van der Waals surface area contributed by atoms with Gasteiger partial charge in [-0.3, -0.25) is 43.3 Å². The van der Waals surface area contributed by atoms with Crippen molar-refractivity contribution in [2.24, 2.45) is 17.8 Å². The van der Waals surface area contributed by atoms with Crippen molar-refractivity contribution >= 4 is 121 Å². The highest BCUT2D eigenvalue weighted by Crippen LogP contribution is 2.42. The van der Waals surface area contributed by atoms with Crippen LogP contribution in [0, 0.1) is 24.7 Å². The maximum atomic E-state index is 14.4. The lowest BCUT2D eigenvalue weighted by Crippen LogP contribution is -2.44. The number of carboxylic acid groups (broad SMARTS) is 2. The first-order valence-corrected chi connectivity index (χ1v) is 32.7. The molecule has 0 spiro atoms. The Morgan fingerprint density at radius 2 is 1.43 bits per heavy atom. The molecule has 1 unspecified atom stereocenters. The number of nitrogens with one attached hydrogen (secondary N) is 4. The van der Waals surface area contributed by atoms with Gasteiger partial charge >= 0.3 is 11.9 Å². The number of thiazole rings is 6. The zero-order valence-corrected chi connectivity index (χ0v) is 52.5. The minimum Gasteiger partial charge on any atom is -0.481 e. The van der Waals surface area contributed by atoms with Crippen molar-refractivity contribution in [2.45, 2.75) is 90.3 Å². The zero-order chi connectivity index (χ0) is 61.8. The standard InChI is InChI=1S/C58H58N12O11S6/c1-26(2)33-18-39(71)46-28(4)86-55(68-46)35(19-42(72)59-5)62-49(76)37-23-82-51(64-37)32-12-13-34(53-66-41(25-85-53)70(15-14-44(74)75)57(78)30-16-31(17-30)58(79)80)61-47(32)36-22-83-54(63-36)38-24-84-56(65-38)45(27(3)29-10-8-7-9-11-29)67-43(73)20-60-50(77)48-40(21-81-6)87-52(33)69-48/h7-13,22-27,30-31,33,35,45H,14-21H2,1-6H3,(H,59,72)(H,60,77)(H,62,76)(H,67,73)(H,74,75)(H,79,80)/t27-,30?,31?,33?,35-,45-/m0/s1. The lowest BCUT2D eigenvalue weighted by molar-refractivity contribution is -0.148. The van der Waals surface area contributed by atoms with E-state index in [1.54, 1.807) is 35.2 Å². The number of amides is 5. The summed E-state index contributed by atoms with van der Waals surface area (Å²) in [4.78, 5) is 144. The molecule has 2 aliphatic rings. The van der Waals surface area contributed by atoms with E-state index >= 15 is 0 Å². The van der Waals surface area contributed by atoms with Gasteiger partial charge in [0.15, 0.2) is 5.78 Å². The number of carbonyl (C=O) groups excluding carboxylic acids is 6. The number of ether oxygens (including phenoxy) is 1. The number of aryl methyl sites for hydroxylation is 1. The summed E-state index contributed by atoms with van der Waals surface area (Å²) in [5, 5.41) is 40.0. The number of benzene rings is 1. The summed E-state index contributed by atoms with van der Waals surface area (Å²) in [6, 6.07) is 11.4. The molecule has 5 amide bonds. The fourth-order valence-corrected chi connectivity index (χ4v) is 15.7. The van der Waals surface area contributed by atoms with E-state index in [1.165, 1.54) is 64.4 Å². The van der Waals surface area contributed by atoms with E-state index < -0.39 is 77.9 Å². The van der Waals surface area contributed by atoms with Crippen LogP contribution in [-0.4, -0.2) is 120 Å². The van der Waals surface area contributed by atoms with Gasteiger partial charge < -0.3 is 36.2 Å². The lowest BCUT2D eigenvalue weighted by atomic mass is 9.74. The van der Waals surface area contributed by atoms with E-state index in [0.29, 0.717) is 68.1 Å². The highest BCUT2D eigenvalue weighted by molar-refractivity contribution is 7.15. The quantitative estimate of drug-likeness (QED) is 0.0590. The molecule has 7 aromatic heterocycles. The summed E-state index contributed by atoms with van der Waals surface area (Å²) < 4.78 is 5.49. The highest BCUT2D eigenvalue weighted by Gasteiger charge is 2.42. The predicted octanol–water partition coefficient (Wildman–Crippen LogP) is 9.19. The minimum atomic E-state index is -1.13. The number of ketones is 1. The first kappa shape index (κ1) is 62.1. The van der Waals surface area contributed by atoms with Crippen LogP contribution in [0.25, 0.3) is 43.4 Å². The van der Waals surface area contributed by atoms with Crippen molar-refractivity contribution in [1.82, 2.24) is 56.2 Å². The Bertz CT molecular complexity index is 3920. The Morgan fingerprint density at radius 1 is 0.724 bits per heavy atom. The first-order valence-electron chi connectivity index (χ1n) is 27.5. The van der Waals surface area contributed by atoms with Gasteiger partial charge in [0.25, 0.3) is 11.8 Å². The van der Waals surface area contributed by atoms with Crippen molar-refractivity contribution in [3.8, 4) is 43.4 Å². The number of nitrogens with zero attached hydrogens (tertiary/aromatic N) is 8. The molecule has 10 rings (SSSR count). The van der Waals surface area contributed by atoms with Crippen LogP contribution in [0.1, 0.15) is 139 Å². The second kappa shape index (κ2) is 27.0. The SMILES string of the molecule is CNC(=O)C[C@@H]1NC(=O)c2csc(n2)-c2ccc(-c3nc(N(CCC(=O)O)C(=O)C4CC(C(=O)O)C4)cs3)nc2-c2csc(n2)-c2csc(n2)[C@H]([C@@H](C)c2ccccc2)NC(=O)CNC(=O)c2nc(sc2COC)C(C(C)C)CC(=O)c2nc1sc2C. The molecule has 0 saturated heterocycles. The van der Waals surface area contributed by atoms with Gasteiger partial charge in [0, 0.05) is 76.8 Å². The third kappa shape index (κ3) is 13.9. The van der Waals surface area contributed by atoms with Crippen LogP contribution in [0.3, 0.4) is 0 Å². The molecule has 1 saturated carbocycles. The Labute approximate surface area is 522 Å². The van der Waals surface area contributed by atoms with Crippen LogP contribution < -0.4 is 26.2 Å². The van der Waals surface area contributed by atoms with Crippen molar-refractivity contribution in [2.75, 3.05) is 32.1 Å². The average Bonchev–Trinajstić information content (AvgIpc) is 3.14. The normalized spacial score (nSPS) is 18.6. The number of methoxy groups -OCH3 is 1. The summed E-state index contributed by atoms with van der Waals surface area (Å²) in [5.74, 6) is -6.97. The van der Waals surface area contributed by atoms with Gasteiger partial charge in [-0.25, -0.2) is 34.9 Å². The van der Waals surface area contributed by atoms with Crippen molar-refractivity contribution in [1.29, 1.82) is 0 Å². The summed E-state index contributed by atoms with van der Waals surface area (Å²) in [5.41, 5.74) is 3.25. The van der Waals surface area contributed by atoms with E-state index in [0.717, 1.165) is 28.2 Å². The summed E-state index contributed by atoms with van der Waals surface area (Å²) >= 11 is 7.36. The third-order valence-corrected chi connectivity index (χ3v) is 20.7. The van der Waals surface area contributed by atoms with E-state index in [9.17, 15) is 48.6 Å². The van der Waals surface area contributed by atoms with Crippen LogP contribution in [0.15, 0.2) is 64.0 Å². The molecule has 1 aliphatic heterocycles. The number of hydrogen-bond donors (Lipinski definition) is 6. The molecule has 0 radical (unpaired) electrons. The van der Waals surface area contributed by atoms with Gasteiger partial charge in [0.1, 0.15) is 65.0 Å². The molecule has 1 aromatic carbocycles. The van der Waals surface area contributed by atoms with Gasteiger partial charge in [-0.1, -0.05) is 51.1 Å². The zero-order valence-electron chi connectivity index (χ0n) is 47.6. The first-order chi connectivity index (χ1) is 41.8.